The molecule has 2 amide bonds. The Morgan fingerprint density at radius 1 is 1.04 bits per heavy atom. The lowest BCUT2D eigenvalue weighted by molar-refractivity contribution is 0.105. The van der Waals surface area contributed by atoms with Crippen LogP contribution in [0.5, 0.6) is 0 Å². The highest BCUT2D eigenvalue weighted by molar-refractivity contribution is 5.89. The van der Waals surface area contributed by atoms with Crippen LogP contribution in [0.2, 0.25) is 0 Å². The van der Waals surface area contributed by atoms with Gasteiger partial charge in [0.1, 0.15) is 5.82 Å². The summed E-state index contributed by atoms with van der Waals surface area (Å²) in [4.78, 5) is 16.5. The van der Waals surface area contributed by atoms with Crippen molar-refractivity contribution in [2.24, 2.45) is 0 Å². The van der Waals surface area contributed by atoms with Crippen molar-refractivity contribution in [1.29, 1.82) is 0 Å². The fraction of sp³-hybridized carbons (Fsp3) is 0.350. The third-order valence-electron chi connectivity index (χ3n) is 4.49. The maximum atomic E-state index is 13.0. The summed E-state index contributed by atoms with van der Waals surface area (Å²) in [5.74, 6) is -0.225. The molecule has 2 aromatic carbocycles. The SMILES string of the molecule is CCc1ccc(NC(=O)N2CCCN(Cc3ccc(F)cc3)C2)cc1. The molecular formula is C20H24FN3O. The monoisotopic (exact) mass is 341 g/mol. The number of amides is 2. The lowest BCUT2D eigenvalue weighted by Gasteiger charge is -2.35. The molecule has 132 valence electrons. The van der Waals surface area contributed by atoms with E-state index in [9.17, 15) is 9.18 Å². The summed E-state index contributed by atoms with van der Waals surface area (Å²) in [6, 6.07) is 14.4. The third kappa shape index (κ3) is 4.79. The van der Waals surface area contributed by atoms with E-state index in [0.29, 0.717) is 6.67 Å². The summed E-state index contributed by atoms with van der Waals surface area (Å²) in [6.45, 7) is 5.09. The van der Waals surface area contributed by atoms with E-state index in [-0.39, 0.29) is 11.8 Å². The second-order valence-corrected chi connectivity index (χ2v) is 6.42. The molecule has 0 bridgehead atoms. The van der Waals surface area contributed by atoms with Crippen molar-refractivity contribution in [2.75, 3.05) is 25.1 Å². The van der Waals surface area contributed by atoms with Crippen molar-refractivity contribution in [3.8, 4) is 0 Å². The Kier molecular flexibility index (Phi) is 5.66. The molecule has 5 heteroatoms. The molecule has 0 radical (unpaired) electrons. The highest BCUT2D eigenvalue weighted by Gasteiger charge is 2.21. The van der Waals surface area contributed by atoms with Gasteiger partial charge >= 0.3 is 6.03 Å². The standard InChI is InChI=1S/C20H24FN3O/c1-2-16-6-10-19(11-7-16)22-20(25)24-13-3-12-23(15-24)14-17-4-8-18(21)9-5-17/h4-11H,2-3,12-15H2,1H3,(H,22,25). The van der Waals surface area contributed by atoms with Crippen LogP contribution in [0.15, 0.2) is 48.5 Å². The Morgan fingerprint density at radius 3 is 2.40 bits per heavy atom. The van der Waals surface area contributed by atoms with Gasteiger partial charge in [0.15, 0.2) is 0 Å². The number of nitrogens with zero attached hydrogens (tertiary/aromatic N) is 2. The summed E-state index contributed by atoms with van der Waals surface area (Å²) < 4.78 is 13.0. The normalized spacial score (nSPS) is 15.2. The number of urea groups is 1. The Hall–Kier alpha value is -2.40. The smallest absolute Gasteiger partial charge is 0.311 e. The lowest BCUT2D eigenvalue weighted by atomic mass is 10.1. The van der Waals surface area contributed by atoms with Crippen molar-refractivity contribution < 1.29 is 9.18 Å². The van der Waals surface area contributed by atoms with Gasteiger partial charge in [-0.3, -0.25) is 4.90 Å². The number of rotatable bonds is 4. The van der Waals surface area contributed by atoms with Gasteiger partial charge < -0.3 is 10.2 Å². The molecule has 1 fully saturated rings. The molecule has 1 N–H and O–H groups in total. The number of benzene rings is 2. The molecule has 1 aliphatic rings. The van der Waals surface area contributed by atoms with Crippen molar-refractivity contribution in [2.45, 2.75) is 26.3 Å². The molecule has 0 aromatic heterocycles. The second kappa shape index (κ2) is 8.12. The van der Waals surface area contributed by atoms with E-state index in [1.807, 2.05) is 29.2 Å². The number of carbonyl (C=O) groups is 1. The summed E-state index contributed by atoms with van der Waals surface area (Å²) in [5, 5.41) is 2.97. The van der Waals surface area contributed by atoms with E-state index in [2.05, 4.69) is 17.1 Å². The minimum atomic E-state index is -0.225. The maximum Gasteiger partial charge on any atom is 0.322 e. The van der Waals surface area contributed by atoms with E-state index < -0.39 is 0 Å². The first kappa shape index (κ1) is 17.4. The van der Waals surface area contributed by atoms with E-state index in [1.54, 1.807) is 12.1 Å². The average Bonchev–Trinajstić information content (AvgIpc) is 2.64. The Morgan fingerprint density at radius 2 is 1.72 bits per heavy atom. The third-order valence-corrected chi connectivity index (χ3v) is 4.49. The first-order chi connectivity index (χ1) is 12.1. The quantitative estimate of drug-likeness (QED) is 0.909. The maximum absolute atomic E-state index is 13.0. The molecule has 1 saturated heterocycles. The van der Waals surface area contributed by atoms with Crippen LogP contribution < -0.4 is 5.32 Å². The predicted molar refractivity (Wildman–Crippen MR) is 97.8 cm³/mol. The largest absolute Gasteiger partial charge is 0.322 e. The Labute approximate surface area is 148 Å². The molecule has 0 unspecified atom stereocenters. The summed E-state index contributed by atoms with van der Waals surface area (Å²) in [5.41, 5.74) is 3.12. The van der Waals surface area contributed by atoms with Gasteiger partial charge in [-0.15, -0.1) is 0 Å². The van der Waals surface area contributed by atoms with E-state index in [4.69, 9.17) is 0 Å². The molecule has 0 atom stereocenters. The van der Waals surface area contributed by atoms with Crippen molar-refractivity contribution in [1.82, 2.24) is 9.80 Å². The Bertz CT molecular complexity index is 700. The van der Waals surface area contributed by atoms with Gasteiger partial charge in [0.25, 0.3) is 0 Å². The van der Waals surface area contributed by atoms with Crippen LogP contribution in [0, 0.1) is 5.82 Å². The van der Waals surface area contributed by atoms with Gasteiger partial charge in [-0.05, 0) is 48.2 Å². The topological polar surface area (TPSA) is 35.6 Å². The molecule has 2 aromatic rings. The Balaban J connectivity index is 1.56. The first-order valence-corrected chi connectivity index (χ1v) is 8.75. The van der Waals surface area contributed by atoms with Gasteiger partial charge in [0.05, 0.1) is 6.67 Å². The molecule has 4 nitrogen and oxygen atoms in total. The van der Waals surface area contributed by atoms with Crippen LogP contribution >= 0.6 is 0 Å². The predicted octanol–water partition coefficient (Wildman–Crippen LogP) is 4.09. The molecule has 3 rings (SSSR count). The summed E-state index contributed by atoms with van der Waals surface area (Å²) in [7, 11) is 0. The number of hydrogen-bond donors (Lipinski definition) is 1. The number of anilines is 1. The van der Waals surface area contributed by atoms with E-state index in [0.717, 1.165) is 43.7 Å². The van der Waals surface area contributed by atoms with E-state index >= 15 is 0 Å². The van der Waals surface area contributed by atoms with Crippen LogP contribution in [-0.4, -0.2) is 35.6 Å². The van der Waals surface area contributed by atoms with Crippen molar-refractivity contribution in [3.05, 3.63) is 65.5 Å². The second-order valence-electron chi connectivity index (χ2n) is 6.42. The number of aryl methyl sites for hydroxylation is 1. The van der Waals surface area contributed by atoms with E-state index in [1.165, 1.54) is 17.7 Å². The van der Waals surface area contributed by atoms with Gasteiger partial charge in [-0.25, -0.2) is 9.18 Å². The molecule has 1 aliphatic heterocycles. The van der Waals surface area contributed by atoms with Gasteiger partial charge in [0, 0.05) is 25.3 Å². The average molecular weight is 341 g/mol. The van der Waals surface area contributed by atoms with Gasteiger partial charge in [0.2, 0.25) is 0 Å². The molecule has 0 spiro atoms. The minimum Gasteiger partial charge on any atom is -0.311 e. The zero-order valence-corrected chi connectivity index (χ0v) is 14.5. The number of hydrogen-bond acceptors (Lipinski definition) is 2. The molecule has 1 heterocycles. The van der Waals surface area contributed by atoms with Crippen LogP contribution in [0.3, 0.4) is 0 Å². The van der Waals surface area contributed by atoms with Gasteiger partial charge in [-0.1, -0.05) is 31.2 Å². The van der Waals surface area contributed by atoms with Crippen molar-refractivity contribution >= 4 is 11.7 Å². The molecule has 25 heavy (non-hydrogen) atoms. The van der Waals surface area contributed by atoms with Crippen LogP contribution in [-0.2, 0) is 13.0 Å². The zero-order valence-electron chi connectivity index (χ0n) is 14.5. The summed E-state index contributed by atoms with van der Waals surface area (Å²) >= 11 is 0. The van der Waals surface area contributed by atoms with Crippen LogP contribution in [0.4, 0.5) is 14.9 Å². The zero-order chi connectivity index (χ0) is 17.6. The highest BCUT2D eigenvalue weighted by atomic mass is 19.1. The van der Waals surface area contributed by atoms with Gasteiger partial charge in [-0.2, -0.15) is 0 Å². The van der Waals surface area contributed by atoms with Crippen LogP contribution in [0.25, 0.3) is 0 Å². The molecular weight excluding hydrogens is 317 g/mol. The lowest BCUT2D eigenvalue weighted by Crippen LogP contribution is -2.48. The highest BCUT2D eigenvalue weighted by Crippen LogP contribution is 2.15. The minimum absolute atomic E-state index is 0.0759. The molecule has 0 aliphatic carbocycles. The first-order valence-electron chi connectivity index (χ1n) is 8.75. The fourth-order valence-electron chi connectivity index (χ4n) is 3.04. The van der Waals surface area contributed by atoms with Crippen molar-refractivity contribution in [3.63, 3.8) is 0 Å². The molecule has 0 saturated carbocycles. The fourth-order valence-corrected chi connectivity index (χ4v) is 3.04. The number of nitrogens with one attached hydrogen (secondary N) is 1. The number of halogens is 1. The number of carbonyl (C=O) groups excluding carboxylic acids is 1. The summed E-state index contributed by atoms with van der Waals surface area (Å²) in [6.07, 6.45) is 1.92. The van der Waals surface area contributed by atoms with Crippen LogP contribution in [0.1, 0.15) is 24.5 Å².